The fourth-order valence-corrected chi connectivity index (χ4v) is 2.50. The van der Waals surface area contributed by atoms with Crippen LogP contribution in [0.1, 0.15) is 43.9 Å². The second-order valence-electron chi connectivity index (χ2n) is 5.54. The average Bonchev–Trinajstić information content (AvgIpc) is 2.77. The average molecular weight is 247 g/mol. The number of nitrogens with one attached hydrogen (secondary N) is 1. The van der Waals surface area contributed by atoms with Crippen LogP contribution in [-0.4, -0.2) is 19.8 Å². The van der Waals surface area contributed by atoms with Crippen molar-refractivity contribution in [2.45, 2.75) is 39.2 Å². The van der Waals surface area contributed by atoms with Gasteiger partial charge in [0.25, 0.3) is 0 Å². The molecule has 0 amide bonds. The summed E-state index contributed by atoms with van der Waals surface area (Å²) in [5.41, 5.74) is 3.00. The first-order chi connectivity index (χ1) is 8.77. The van der Waals surface area contributed by atoms with Gasteiger partial charge in [0, 0.05) is 19.2 Å². The van der Waals surface area contributed by atoms with Gasteiger partial charge in [-0.1, -0.05) is 38.1 Å². The molecule has 0 saturated carbocycles. The fourth-order valence-electron chi connectivity index (χ4n) is 2.50. The van der Waals surface area contributed by atoms with Gasteiger partial charge in [0.2, 0.25) is 0 Å². The molecule has 0 aromatic heterocycles. The van der Waals surface area contributed by atoms with Gasteiger partial charge in [-0.25, -0.2) is 0 Å². The molecule has 0 aliphatic heterocycles. The second-order valence-corrected chi connectivity index (χ2v) is 5.54. The molecule has 1 aromatic carbocycles. The van der Waals surface area contributed by atoms with E-state index in [1.54, 1.807) is 0 Å². The van der Waals surface area contributed by atoms with Gasteiger partial charge in [-0.2, -0.15) is 0 Å². The van der Waals surface area contributed by atoms with Crippen molar-refractivity contribution in [3.8, 4) is 0 Å². The maximum atomic E-state index is 5.63. The molecule has 0 spiro atoms. The number of ether oxygens (including phenoxy) is 1. The van der Waals surface area contributed by atoms with E-state index in [4.69, 9.17) is 4.74 Å². The van der Waals surface area contributed by atoms with Crippen molar-refractivity contribution in [2.24, 2.45) is 5.92 Å². The van der Waals surface area contributed by atoms with E-state index in [1.807, 2.05) is 0 Å². The number of hydrogen-bond acceptors (Lipinski definition) is 2. The Morgan fingerprint density at radius 2 is 2.11 bits per heavy atom. The van der Waals surface area contributed by atoms with Crippen LogP contribution >= 0.6 is 0 Å². The number of fused-ring (bicyclic) bond motifs is 1. The highest BCUT2D eigenvalue weighted by Gasteiger charge is 2.20. The number of benzene rings is 1. The van der Waals surface area contributed by atoms with Gasteiger partial charge >= 0.3 is 0 Å². The van der Waals surface area contributed by atoms with E-state index in [2.05, 4.69) is 43.4 Å². The lowest BCUT2D eigenvalue weighted by Crippen LogP contribution is -2.24. The molecule has 2 nitrogen and oxygen atoms in total. The van der Waals surface area contributed by atoms with Crippen molar-refractivity contribution in [3.63, 3.8) is 0 Å². The Bertz CT molecular complexity index is 362. The van der Waals surface area contributed by atoms with Gasteiger partial charge < -0.3 is 10.1 Å². The second kappa shape index (κ2) is 6.91. The lowest BCUT2D eigenvalue weighted by molar-refractivity contribution is 0.123. The third-order valence-corrected chi connectivity index (χ3v) is 3.61. The number of aryl methyl sites for hydroxylation is 1. The Hall–Kier alpha value is -0.860. The predicted molar refractivity (Wildman–Crippen MR) is 75.8 cm³/mol. The van der Waals surface area contributed by atoms with Crippen molar-refractivity contribution < 1.29 is 4.74 Å². The topological polar surface area (TPSA) is 21.3 Å². The van der Waals surface area contributed by atoms with E-state index < -0.39 is 0 Å². The zero-order valence-electron chi connectivity index (χ0n) is 11.6. The normalized spacial score (nSPS) is 18.3. The van der Waals surface area contributed by atoms with E-state index in [-0.39, 0.29) is 0 Å². The Morgan fingerprint density at radius 3 is 2.94 bits per heavy atom. The third kappa shape index (κ3) is 3.82. The minimum Gasteiger partial charge on any atom is -0.380 e. The highest BCUT2D eigenvalue weighted by molar-refractivity contribution is 5.34. The molecule has 1 aliphatic rings. The molecular weight excluding hydrogens is 222 g/mol. The molecule has 18 heavy (non-hydrogen) atoms. The molecule has 0 saturated heterocycles. The molecule has 1 aliphatic carbocycles. The first kappa shape index (κ1) is 13.6. The van der Waals surface area contributed by atoms with E-state index in [0.717, 1.165) is 32.1 Å². The minimum absolute atomic E-state index is 0.537. The SMILES string of the molecule is CC(C)CCOCCNC1CCc2ccccc21. The van der Waals surface area contributed by atoms with E-state index >= 15 is 0 Å². The molecule has 0 radical (unpaired) electrons. The molecule has 1 atom stereocenters. The fraction of sp³-hybridized carbons (Fsp3) is 0.625. The summed E-state index contributed by atoms with van der Waals surface area (Å²) in [5.74, 6) is 0.736. The quantitative estimate of drug-likeness (QED) is 0.746. The van der Waals surface area contributed by atoms with Gasteiger partial charge in [-0.3, -0.25) is 0 Å². The molecule has 1 N–H and O–H groups in total. The lowest BCUT2D eigenvalue weighted by Gasteiger charge is -2.14. The van der Waals surface area contributed by atoms with Crippen LogP contribution in [-0.2, 0) is 11.2 Å². The molecule has 1 unspecified atom stereocenters. The summed E-state index contributed by atoms with van der Waals surface area (Å²) in [6.07, 6.45) is 3.60. The summed E-state index contributed by atoms with van der Waals surface area (Å²) >= 11 is 0. The largest absolute Gasteiger partial charge is 0.380 e. The molecule has 0 fully saturated rings. The summed E-state index contributed by atoms with van der Waals surface area (Å²) in [6, 6.07) is 9.30. The Labute approximate surface area is 111 Å². The molecule has 2 rings (SSSR count). The van der Waals surface area contributed by atoms with Crippen LogP contribution in [0.4, 0.5) is 0 Å². The highest BCUT2D eigenvalue weighted by atomic mass is 16.5. The van der Waals surface area contributed by atoms with Gasteiger partial charge in [0.05, 0.1) is 6.61 Å². The van der Waals surface area contributed by atoms with Crippen LogP contribution in [0.5, 0.6) is 0 Å². The van der Waals surface area contributed by atoms with E-state index in [9.17, 15) is 0 Å². The molecule has 0 heterocycles. The molecule has 100 valence electrons. The first-order valence-electron chi connectivity index (χ1n) is 7.16. The van der Waals surface area contributed by atoms with Crippen LogP contribution in [0, 0.1) is 5.92 Å². The Morgan fingerprint density at radius 1 is 1.28 bits per heavy atom. The van der Waals surface area contributed by atoms with Crippen LogP contribution in [0.2, 0.25) is 0 Å². The van der Waals surface area contributed by atoms with E-state index in [0.29, 0.717) is 6.04 Å². The number of hydrogen-bond donors (Lipinski definition) is 1. The monoisotopic (exact) mass is 247 g/mol. The predicted octanol–water partition coefficient (Wildman–Crippen LogP) is 3.33. The summed E-state index contributed by atoms with van der Waals surface area (Å²) in [6.45, 7) is 7.14. The Kier molecular flexibility index (Phi) is 5.21. The van der Waals surface area contributed by atoms with Crippen molar-refractivity contribution in [1.82, 2.24) is 5.32 Å². The van der Waals surface area contributed by atoms with Crippen molar-refractivity contribution >= 4 is 0 Å². The standard InChI is InChI=1S/C16H25NO/c1-13(2)9-11-18-12-10-17-16-8-7-14-5-3-4-6-15(14)16/h3-6,13,16-17H,7-12H2,1-2H3. The molecular formula is C16H25NO. The molecule has 0 bridgehead atoms. The minimum atomic E-state index is 0.537. The zero-order chi connectivity index (χ0) is 12.8. The van der Waals surface area contributed by atoms with Crippen LogP contribution in [0.15, 0.2) is 24.3 Å². The lowest BCUT2D eigenvalue weighted by atomic mass is 10.1. The molecule has 2 heteroatoms. The Balaban J connectivity index is 1.64. The third-order valence-electron chi connectivity index (χ3n) is 3.61. The van der Waals surface area contributed by atoms with Crippen molar-refractivity contribution in [3.05, 3.63) is 35.4 Å². The summed E-state index contributed by atoms with van der Waals surface area (Å²) in [5, 5.41) is 3.60. The van der Waals surface area contributed by atoms with Crippen LogP contribution in [0.3, 0.4) is 0 Å². The van der Waals surface area contributed by atoms with Gasteiger partial charge in [-0.05, 0) is 36.3 Å². The highest BCUT2D eigenvalue weighted by Crippen LogP contribution is 2.30. The van der Waals surface area contributed by atoms with Crippen molar-refractivity contribution in [1.29, 1.82) is 0 Å². The molecule has 1 aromatic rings. The first-order valence-corrected chi connectivity index (χ1v) is 7.16. The van der Waals surface area contributed by atoms with Gasteiger partial charge in [-0.15, -0.1) is 0 Å². The summed E-state index contributed by atoms with van der Waals surface area (Å²) in [7, 11) is 0. The van der Waals surface area contributed by atoms with Crippen LogP contribution < -0.4 is 5.32 Å². The summed E-state index contributed by atoms with van der Waals surface area (Å²) < 4.78 is 5.63. The zero-order valence-corrected chi connectivity index (χ0v) is 11.6. The maximum absolute atomic E-state index is 5.63. The summed E-state index contributed by atoms with van der Waals surface area (Å²) in [4.78, 5) is 0. The van der Waals surface area contributed by atoms with Gasteiger partial charge in [0.15, 0.2) is 0 Å². The smallest absolute Gasteiger partial charge is 0.0591 e. The van der Waals surface area contributed by atoms with E-state index in [1.165, 1.54) is 24.0 Å². The van der Waals surface area contributed by atoms with Crippen LogP contribution in [0.25, 0.3) is 0 Å². The van der Waals surface area contributed by atoms with Gasteiger partial charge in [0.1, 0.15) is 0 Å². The maximum Gasteiger partial charge on any atom is 0.0591 e. The number of rotatable bonds is 7. The van der Waals surface area contributed by atoms with Crippen molar-refractivity contribution in [2.75, 3.05) is 19.8 Å².